The Balaban J connectivity index is 1.83. The number of nitrogens with one attached hydrogen (secondary N) is 1. The molecule has 94 valence electrons. The van der Waals surface area contributed by atoms with Crippen molar-refractivity contribution in [2.45, 2.75) is 31.9 Å². The fourth-order valence-corrected chi connectivity index (χ4v) is 2.34. The third kappa shape index (κ3) is 3.50. The molecule has 0 saturated carbocycles. The molecule has 0 aromatic heterocycles. The third-order valence-corrected chi connectivity index (χ3v) is 3.76. The highest BCUT2D eigenvalue weighted by Crippen LogP contribution is 2.24. The van der Waals surface area contributed by atoms with Crippen molar-refractivity contribution in [2.24, 2.45) is 0 Å². The maximum absolute atomic E-state index is 13.3. The summed E-state index contributed by atoms with van der Waals surface area (Å²) >= 11 is 3.14. The lowest BCUT2D eigenvalue weighted by atomic mass is 10.0. The van der Waals surface area contributed by atoms with Crippen LogP contribution in [0.3, 0.4) is 0 Å². The van der Waals surface area contributed by atoms with Crippen LogP contribution >= 0.6 is 15.9 Å². The molecule has 4 heteroatoms. The molecule has 1 fully saturated rings. The summed E-state index contributed by atoms with van der Waals surface area (Å²) in [5, 5.41) is 3.32. The summed E-state index contributed by atoms with van der Waals surface area (Å²) in [6.45, 7) is 4.45. The van der Waals surface area contributed by atoms with E-state index in [0.29, 0.717) is 11.0 Å². The van der Waals surface area contributed by atoms with Crippen molar-refractivity contribution in [2.75, 3.05) is 13.2 Å². The average molecular weight is 302 g/mol. The molecule has 1 N–H and O–H groups in total. The third-order valence-electron chi connectivity index (χ3n) is 3.11. The quantitative estimate of drug-likeness (QED) is 0.922. The van der Waals surface area contributed by atoms with E-state index in [1.54, 1.807) is 12.1 Å². The second-order valence-electron chi connectivity index (χ2n) is 4.75. The van der Waals surface area contributed by atoms with Crippen LogP contribution in [0.25, 0.3) is 0 Å². The van der Waals surface area contributed by atoms with E-state index in [1.807, 2.05) is 6.07 Å². The maximum atomic E-state index is 13.3. The minimum Gasteiger partial charge on any atom is -0.374 e. The standard InChI is InChI=1S/C13H17BrFNO/c1-13(5-2-6-17-13)9-16-8-10-3-4-11(14)12(15)7-10/h3-4,7,16H,2,5-6,8-9H2,1H3. The summed E-state index contributed by atoms with van der Waals surface area (Å²) in [5.41, 5.74) is 0.903. The van der Waals surface area contributed by atoms with Gasteiger partial charge in [0.05, 0.1) is 10.1 Å². The fourth-order valence-electron chi connectivity index (χ4n) is 2.10. The van der Waals surface area contributed by atoms with Gasteiger partial charge in [-0.3, -0.25) is 0 Å². The normalized spacial score (nSPS) is 24.2. The zero-order valence-corrected chi connectivity index (χ0v) is 11.5. The lowest BCUT2D eigenvalue weighted by Crippen LogP contribution is -2.36. The summed E-state index contributed by atoms with van der Waals surface area (Å²) < 4.78 is 19.5. The van der Waals surface area contributed by atoms with E-state index in [4.69, 9.17) is 4.74 Å². The van der Waals surface area contributed by atoms with E-state index in [-0.39, 0.29) is 11.4 Å². The number of rotatable bonds is 4. The fraction of sp³-hybridized carbons (Fsp3) is 0.538. The van der Waals surface area contributed by atoms with Crippen molar-refractivity contribution < 1.29 is 9.13 Å². The second kappa shape index (κ2) is 5.46. The van der Waals surface area contributed by atoms with Crippen LogP contribution in [0.15, 0.2) is 22.7 Å². The van der Waals surface area contributed by atoms with Crippen LogP contribution in [-0.2, 0) is 11.3 Å². The minimum absolute atomic E-state index is 0.0477. The van der Waals surface area contributed by atoms with E-state index in [1.165, 1.54) is 0 Å². The van der Waals surface area contributed by atoms with Gasteiger partial charge in [-0.05, 0) is 53.4 Å². The smallest absolute Gasteiger partial charge is 0.137 e. The zero-order chi connectivity index (χ0) is 12.3. The molecule has 1 atom stereocenters. The van der Waals surface area contributed by atoms with Crippen LogP contribution in [0, 0.1) is 5.82 Å². The number of hydrogen-bond acceptors (Lipinski definition) is 2. The Kier molecular flexibility index (Phi) is 4.17. The van der Waals surface area contributed by atoms with Gasteiger partial charge in [0.25, 0.3) is 0 Å². The molecule has 1 aliphatic rings. The van der Waals surface area contributed by atoms with Crippen LogP contribution in [0.1, 0.15) is 25.3 Å². The molecule has 1 heterocycles. The van der Waals surface area contributed by atoms with Crippen LogP contribution in [0.4, 0.5) is 4.39 Å². The van der Waals surface area contributed by atoms with E-state index < -0.39 is 0 Å². The van der Waals surface area contributed by atoms with Gasteiger partial charge in [0.2, 0.25) is 0 Å². The Morgan fingerprint density at radius 1 is 1.53 bits per heavy atom. The molecule has 0 radical (unpaired) electrons. The summed E-state index contributed by atoms with van der Waals surface area (Å²) in [7, 11) is 0. The minimum atomic E-state index is -0.215. The Morgan fingerprint density at radius 3 is 3.00 bits per heavy atom. The molecule has 1 aliphatic heterocycles. The highest BCUT2D eigenvalue weighted by molar-refractivity contribution is 9.10. The first kappa shape index (κ1) is 13.0. The van der Waals surface area contributed by atoms with Gasteiger partial charge in [-0.2, -0.15) is 0 Å². The zero-order valence-electron chi connectivity index (χ0n) is 9.93. The largest absolute Gasteiger partial charge is 0.374 e. The molecule has 17 heavy (non-hydrogen) atoms. The van der Waals surface area contributed by atoms with Gasteiger partial charge in [-0.1, -0.05) is 6.07 Å². The van der Waals surface area contributed by atoms with Gasteiger partial charge in [0.15, 0.2) is 0 Å². The molecule has 1 unspecified atom stereocenters. The van der Waals surface area contributed by atoms with Crippen LogP contribution in [-0.4, -0.2) is 18.8 Å². The first-order chi connectivity index (χ1) is 8.09. The SMILES string of the molecule is CC1(CNCc2ccc(Br)c(F)c2)CCCO1. The number of benzene rings is 1. The van der Waals surface area contributed by atoms with Gasteiger partial charge in [0.1, 0.15) is 5.82 Å². The Bertz CT molecular complexity index is 391. The van der Waals surface area contributed by atoms with Gasteiger partial charge >= 0.3 is 0 Å². The van der Waals surface area contributed by atoms with Gasteiger partial charge < -0.3 is 10.1 Å². The molecular weight excluding hydrogens is 285 g/mol. The van der Waals surface area contributed by atoms with Gasteiger partial charge in [-0.15, -0.1) is 0 Å². The second-order valence-corrected chi connectivity index (χ2v) is 5.61. The highest BCUT2D eigenvalue weighted by Gasteiger charge is 2.28. The lowest BCUT2D eigenvalue weighted by molar-refractivity contribution is 0.0207. The first-order valence-corrected chi connectivity index (χ1v) is 6.67. The molecule has 2 rings (SSSR count). The van der Waals surface area contributed by atoms with Gasteiger partial charge in [0, 0.05) is 19.7 Å². The van der Waals surface area contributed by atoms with Crippen molar-refractivity contribution in [3.05, 3.63) is 34.1 Å². The molecule has 0 spiro atoms. The molecule has 1 aromatic carbocycles. The van der Waals surface area contributed by atoms with Gasteiger partial charge in [-0.25, -0.2) is 4.39 Å². The van der Waals surface area contributed by atoms with Crippen LogP contribution < -0.4 is 5.32 Å². The predicted molar refractivity (Wildman–Crippen MR) is 69.4 cm³/mol. The number of hydrogen-bond donors (Lipinski definition) is 1. The molecule has 0 amide bonds. The Morgan fingerprint density at radius 2 is 2.35 bits per heavy atom. The van der Waals surface area contributed by atoms with Crippen molar-refractivity contribution in [3.8, 4) is 0 Å². The van der Waals surface area contributed by atoms with Crippen LogP contribution in [0.5, 0.6) is 0 Å². The molecule has 1 aromatic rings. The van der Waals surface area contributed by atoms with Crippen molar-refractivity contribution in [1.29, 1.82) is 0 Å². The summed E-state index contributed by atoms with van der Waals surface area (Å²) in [5.74, 6) is -0.215. The van der Waals surface area contributed by atoms with Crippen molar-refractivity contribution in [3.63, 3.8) is 0 Å². The summed E-state index contributed by atoms with van der Waals surface area (Å²) in [4.78, 5) is 0. The summed E-state index contributed by atoms with van der Waals surface area (Å²) in [6.07, 6.45) is 2.22. The number of ether oxygens (including phenoxy) is 1. The van der Waals surface area contributed by atoms with E-state index in [9.17, 15) is 4.39 Å². The molecule has 1 saturated heterocycles. The number of halogens is 2. The topological polar surface area (TPSA) is 21.3 Å². The first-order valence-electron chi connectivity index (χ1n) is 5.88. The van der Waals surface area contributed by atoms with Crippen LogP contribution in [0.2, 0.25) is 0 Å². The molecule has 0 aliphatic carbocycles. The van der Waals surface area contributed by atoms with Crippen molar-refractivity contribution >= 4 is 15.9 Å². The maximum Gasteiger partial charge on any atom is 0.137 e. The molecule has 0 bridgehead atoms. The van der Waals surface area contributed by atoms with Crippen molar-refractivity contribution in [1.82, 2.24) is 5.32 Å². The molecule has 2 nitrogen and oxygen atoms in total. The van der Waals surface area contributed by atoms with E-state index in [2.05, 4.69) is 28.2 Å². The predicted octanol–water partition coefficient (Wildman–Crippen LogP) is 3.25. The van der Waals surface area contributed by atoms with E-state index in [0.717, 1.165) is 31.6 Å². The highest BCUT2D eigenvalue weighted by atomic mass is 79.9. The molecular formula is C13H17BrFNO. The monoisotopic (exact) mass is 301 g/mol. The average Bonchev–Trinajstić information content (AvgIpc) is 2.71. The Labute approximate surface area is 110 Å². The van der Waals surface area contributed by atoms with E-state index >= 15 is 0 Å². The summed E-state index contributed by atoms with van der Waals surface area (Å²) in [6, 6.07) is 5.20. The lowest BCUT2D eigenvalue weighted by Gasteiger charge is -2.23. The Hall–Kier alpha value is -0.450.